The predicted octanol–water partition coefficient (Wildman–Crippen LogP) is -0.196. The first-order valence-corrected chi connectivity index (χ1v) is 45.0. The van der Waals surface area contributed by atoms with Crippen LogP contribution in [0.15, 0.2) is 10.8 Å². The van der Waals surface area contributed by atoms with Crippen LogP contribution in [0, 0.1) is 48.7 Å². The Labute approximate surface area is 680 Å². The summed E-state index contributed by atoms with van der Waals surface area (Å²) in [5.41, 5.74) is -5.92. The van der Waals surface area contributed by atoms with Gasteiger partial charge in [-0.25, -0.2) is 0 Å². The summed E-state index contributed by atoms with van der Waals surface area (Å²) in [6.45, 7) is 34.6. The van der Waals surface area contributed by atoms with Gasteiger partial charge in [0.1, 0.15) is 48.8 Å². The Hall–Kier alpha value is 0.660. The summed E-state index contributed by atoms with van der Waals surface area (Å²) >= 11 is 10.7. The lowest BCUT2D eigenvalue weighted by Gasteiger charge is -2.62. The van der Waals surface area contributed by atoms with Crippen molar-refractivity contribution in [1.82, 2.24) is 10.6 Å². The molecule has 11 fully saturated rings. The molecule has 6 heterocycles. The smallest absolute Gasteiger partial charge is 0.221 e. The molecule has 0 aromatic carbocycles. The Bertz CT molecular complexity index is 3060. The Morgan fingerprint density at radius 2 is 0.673 bits per heavy atom. The van der Waals surface area contributed by atoms with Crippen LogP contribution in [0.25, 0.3) is 0 Å². The number of rotatable bonds is 6. The van der Waals surface area contributed by atoms with Gasteiger partial charge < -0.3 is 128 Å². The molecule has 6 unspecified atom stereocenters. The van der Waals surface area contributed by atoms with Crippen molar-refractivity contribution < 1.29 is 127 Å². The number of piperidine rings is 1. The van der Waals surface area contributed by atoms with Crippen molar-refractivity contribution in [2.24, 2.45) is 48.7 Å². The quantitative estimate of drug-likeness (QED) is 0.164. The Kier molecular flexibility index (Phi) is 30.1. The van der Waals surface area contributed by atoms with E-state index in [4.69, 9.17) is 0 Å². The van der Waals surface area contributed by atoms with Gasteiger partial charge in [0.15, 0.2) is 0 Å². The van der Waals surface area contributed by atoms with E-state index >= 15 is 0 Å². The second-order valence-corrected chi connectivity index (χ2v) is 49.5. The standard InChI is InChI=1S/C13H23NO5.C13H24O4S2.C13H22O4S2.C13H24O4S.C12H23NO4S.C12H22O4S/c1-11(2,3)13-5-12(6-15,4-7(16)14-13)9(18)8(17)10(13)19;2*1-11(2,3)13-6-12(7-14,18-4-5-19-13)9(16)8(15)10(13)17;1-11(2,3)13-6-12(7-14,4-5-18-13)9(16)8(15)10(13)17;1-10(2,3)12-4-11(5-14,18-6-13-12)8(16)7(15)9(12)17;1-10(2,3)12-4-11(5-13,6-17-12)8(15)7(14)9(12)16/h8-10,15,17-19H,4-6H2,1-3H3,(H,14,16);8-10,14-17H,4-7H2,1-3H3;4-5,8-10,14-17H,6-7H2,1-3H3;8-10,14-17H,4-7H2,1-3H3;7-9,13-17H,4-6H2,1-3H3;7-9,13-16H,4-6H2,1-3H3/t8-,9-,10+,12+,13?;2*8-,9-,10+,12-,13?;8-,9-,10+,12+,13?;7-,8-,9+,11-,12?;7-,8-,9+,11+,12?/m000000/s1. The van der Waals surface area contributed by atoms with E-state index in [0.29, 0.717) is 50.2 Å². The van der Waals surface area contributed by atoms with Crippen molar-refractivity contribution in [2.45, 2.75) is 330 Å². The molecule has 5 saturated heterocycles. The zero-order valence-corrected chi connectivity index (χ0v) is 73.2. The van der Waals surface area contributed by atoms with Crippen LogP contribution in [0.4, 0.5) is 0 Å². The number of amides is 1. The summed E-state index contributed by atoms with van der Waals surface area (Å²) in [5, 5.41) is 253. The minimum atomic E-state index is -1.39. The van der Waals surface area contributed by atoms with E-state index < -0.39 is 182 Å². The molecule has 0 radical (unpaired) electrons. The van der Waals surface area contributed by atoms with Crippen molar-refractivity contribution in [2.75, 3.05) is 68.5 Å². The highest BCUT2D eigenvalue weighted by molar-refractivity contribution is 8.07. The first-order valence-electron chi connectivity index (χ1n) is 38.3. The number of nitrogens with one attached hydrogen (secondary N) is 2. The van der Waals surface area contributed by atoms with Crippen LogP contribution in [-0.4, -0.2) is 351 Å². The average Bonchev–Trinajstić information content (AvgIpc) is 1.69. The van der Waals surface area contributed by atoms with E-state index in [0.717, 1.165) is 17.3 Å². The van der Waals surface area contributed by atoms with Crippen LogP contribution >= 0.6 is 82.3 Å². The predicted molar refractivity (Wildman–Crippen MR) is 434 cm³/mol. The maximum absolute atomic E-state index is 12.0. The van der Waals surface area contributed by atoms with Crippen molar-refractivity contribution in [3.8, 4) is 0 Å². The number of fused-ring (bicyclic) bond motifs is 12. The van der Waals surface area contributed by atoms with Crippen LogP contribution in [0.5, 0.6) is 0 Å². The molecule has 34 heteroatoms. The fourth-order valence-electron chi connectivity index (χ4n) is 19.8. The largest absolute Gasteiger partial charge is 0.396 e. The molecule has 12 aliphatic rings. The third kappa shape index (κ3) is 16.1. The van der Waals surface area contributed by atoms with Crippen molar-refractivity contribution in [3.63, 3.8) is 0 Å². The van der Waals surface area contributed by atoms with Crippen LogP contribution in [0.3, 0.4) is 0 Å². The molecule has 0 spiro atoms. The van der Waals surface area contributed by atoms with E-state index in [1.165, 1.54) is 47.0 Å². The van der Waals surface area contributed by atoms with Gasteiger partial charge >= 0.3 is 0 Å². The second-order valence-electron chi connectivity index (χ2n) is 39.9. The first kappa shape index (κ1) is 97.8. The molecule has 12 rings (SSSR count). The molecular weight excluding hydrogens is 1570 g/mol. The highest BCUT2D eigenvalue weighted by Crippen LogP contribution is 2.66. The molecule has 6 aliphatic heterocycles. The molecule has 12 bridgehead atoms. The molecule has 26 N–H and O–H groups in total. The summed E-state index contributed by atoms with van der Waals surface area (Å²) in [7, 11) is 0. The fourth-order valence-corrected chi connectivity index (χ4v) is 31.3. The topological polar surface area (TPSA) is 527 Å². The maximum atomic E-state index is 12.0. The third-order valence-corrected chi connectivity index (χ3v) is 40.4. The molecule has 30 atom stereocenters. The minimum Gasteiger partial charge on any atom is -0.396 e. The molecule has 644 valence electrons. The van der Waals surface area contributed by atoms with Crippen LogP contribution in [-0.2, 0) is 4.79 Å². The lowest BCUT2D eigenvalue weighted by Crippen LogP contribution is -2.78. The van der Waals surface area contributed by atoms with Gasteiger partial charge in [-0.1, -0.05) is 125 Å². The third-order valence-electron chi connectivity index (χ3n) is 28.0. The SMILES string of the molecule is CC(C)(C)C12C[C@@](CO)(CC(=O)N1)[C@@H](O)[C@H](O)[C@H]2O.CC(C)(C)C12C[C@@](CO)(CCS1)[C@@H](O)[C@H](O)[C@H]2O.CC(C)(C)C12C[C@@](CO)(CS1)[C@@H](O)[C@H](O)[C@H]2O.CC(C)(C)C12C[C@@](CO)(SC=CS1)[C@@H](O)[C@H](O)[C@H]2O.CC(C)(C)C12C[C@@](CO)(SCCS1)[C@@H](O)[C@H](O)[C@H]2O.CC(C)(C)C12C[C@@](CO)(SCN1)[C@@H](O)[C@H](O)[C@H]2O. The van der Waals surface area contributed by atoms with Crippen LogP contribution in [0.1, 0.15) is 176 Å². The van der Waals surface area contributed by atoms with Crippen LogP contribution < -0.4 is 10.6 Å². The van der Waals surface area contributed by atoms with Gasteiger partial charge in [-0.15, -0.1) is 47.0 Å². The minimum absolute atomic E-state index is 0.0493. The zero-order valence-electron chi connectivity index (χ0n) is 67.5. The van der Waals surface area contributed by atoms with E-state index in [-0.39, 0.29) is 78.9 Å². The fraction of sp³-hybridized carbons (Fsp3) is 0.961. The number of hydrogen-bond donors (Lipinski definition) is 26. The summed E-state index contributed by atoms with van der Waals surface area (Å²) in [6, 6.07) is 0. The molecule has 6 aliphatic carbocycles. The van der Waals surface area contributed by atoms with Crippen molar-refractivity contribution in [1.29, 1.82) is 0 Å². The van der Waals surface area contributed by atoms with Crippen molar-refractivity contribution >= 4 is 88.2 Å². The molecular formula is C76H138N2O25S7. The molecule has 110 heavy (non-hydrogen) atoms. The second kappa shape index (κ2) is 33.8. The molecule has 6 saturated carbocycles. The summed E-state index contributed by atoms with van der Waals surface area (Å²) in [6.07, 6.45) is -17.1. The Balaban J connectivity index is 0.000000184. The highest BCUT2D eigenvalue weighted by Gasteiger charge is 2.72. The number of thioether (sulfide) groups is 7. The first-order chi connectivity index (χ1) is 50.1. The van der Waals surface area contributed by atoms with Gasteiger partial charge in [-0.05, 0) is 94.0 Å². The zero-order chi connectivity index (χ0) is 84.2. The van der Waals surface area contributed by atoms with Crippen molar-refractivity contribution in [3.05, 3.63) is 10.8 Å². The van der Waals surface area contributed by atoms with E-state index in [2.05, 4.69) is 10.6 Å². The number of aliphatic hydroxyl groups excluding tert-OH is 24. The lowest BCUT2D eigenvalue weighted by molar-refractivity contribution is -0.228. The monoisotopic (exact) mass is 1700 g/mol. The molecule has 27 nitrogen and oxygen atoms in total. The molecule has 0 aromatic heterocycles. The normalized spacial score (nSPS) is 48.4. The number of aliphatic hydroxyl groups is 24. The molecule has 1 amide bonds. The van der Waals surface area contributed by atoms with Gasteiger partial charge in [-0.2, -0.15) is 35.3 Å². The highest BCUT2D eigenvalue weighted by atomic mass is 32.2. The van der Waals surface area contributed by atoms with Gasteiger partial charge in [-0.3, -0.25) is 10.1 Å². The van der Waals surface area contributed by atoms with Gasteiger partial charge in [0.05, 0.1) is 145 Å². The molecule has 0 aromatic rings. The Morgan fingerprint density at radius 3 is 1.13 bits per heavy atom. The maximum Gasteiger partial charge on any atom is 0.221 e. The summed E-state index contributed by atoms with van der Waals surface area (Å²) in [4.78, 5) is 12.0. The van der Waals surface area contributed by atoms with Gasteiger partial charge in [0.25, 0.3) is 0 Å². The summed E-state index contributed by atoms with van der Waals surface area (Å²) < 4.78 is -4.59. The lowest BCUT2D eigenvalue weighted by atomic mass is 9.52. The van der Waals surface area contributed by atoms with Gasteiger partial charge in [0.2, 0.25) is 5.91 Å². The average molecular weight is 1700 g/mol. The van der Waals surface area contributed by atoms with Crippen LogP contribution in [0.2, 0.25) is 0 Å². The Morgan fingerprint density at radius 1 is 0.327 bits per heavy atom. The van der Waals surface area contributed by atoms with E-state index in [9.17, 15) is 127 Å². The number of carbonyl (C=O) groups is 1. The van der Waals surface area contributed by atoms with Gasteiger partial charge in [0, 0.05) is 45.8 Å². The van der Waals surface area contributed by atoms with E-state index in [1.54, 1.807) is 35.3 Å². The number of carbonyl (C=O) groups excluding carboxylic acids is 1. The summed E-state index contributed by atoms with van der Waals surface area (Å²) in [5.74, 6) is 3.24. The number of hydrogen-bond acceptors (Lipinski definition) is 33. The van der Waals surface area contributed by atoms with E-state index in [1.807, 2.05) is 135 Å².